The third kappa shape index (κ3) is 4.67. The van der Waals surface area contributed by atoms with Crippen LogP contribution in [-0.2, 0) is 0 Å². The zero-order valence-electron chi connectivity index (χ0n) is 11.7. The van der Waals surface area contributed by atoms with Crippen molar-refractivity contribution in [2.24, 2.45) is 0 Å². The molecule has 1 aliphatic heterocycles. The summed E-state index contributed by atoms with van der Waals surface area (Å²) in [6, 6.07) is 1.66. The Morgan fingerprint density at radius 2 is 2.11 bits per heavy atom. The van der Waals surface area contributed by atoms with E-state index >= 15 is 0 Å². The Labute approximate surface area is 114 Å². The molecule has 0 aliphatic carbocycles. The van der Waals surface area contributed by atoms with E-state index in [0.717, 1.165) is 13.0 Å². The van der Waals surface area contributed by atoms with Crippen LogP contribution in [0.1, 0.15) is 48.4 Å². The highest BCUT2D eigenvalue weighted by Gasteiger charge is 2.11. The molecule has 5 heteroatoms. The Morgan fingerprint density at radius 1 is 1.37 bits per heavy atom. The molecular weight excluding hydrogens is 242 g/mol. The van der Waals surface area contributed by atoms with Gasteiger partial charge in [0.25, 0.3) is 5.91 Å². The number of aromatic nitrogens is 1. The van der Waals surface area contributed by atoms with Crippen molar-refractivity contribution in [1.82, 2.24) is 15.4 Å². The molecule has 1 saturated heterocycles. The standard InChI is InChI=1S/C14H23N3O2/c1-12-11-13(16-19-12)14(18)15-7-6-10-17-8-4-2-3-5-9-17/h11H,2-10H2,1H3,(H,15,18). The first-order valence-electron chi connectivity index (χ1n) is 7.19. The molecule has 1 aliphatic rings. The summed E-state index contributed by atoms with van der Waals surface area (Å²) in [5.74, 6) is 0.516. The third-order valence-electron chi connectivity index (χ3n) is 3.50. The second-order valence-electron chi connectivity index (χ2n) is 5.19. The van der Waals surface area contributed by atoms with E-state index in [9.17, 15) is 4.79 Å². The molecule has 0 radical (unpaired) electrons. The van der Waals surface area contributed by atoms with Gasteiger partial charge < -0.3 is 14.7 Å². The fourth-order valence-corrected chi connectivity index (χ4v) is 2.43. The van der Waals surface area contributed by atoms with Crippen LogP contribution in [0.2, 0.25) is 0 Å². The molecule has 0 bridgehead atoms. The maximum atomic E-state index is 11.7. The number of nitrogens with one attached hydrogen (secondary N) is 1. The van der Waals surface area contributed by atoms with Gasteiger partial charge in [-0.15, -0.1) is 0 Å². The minimum absolute atomic E-state index is 0.146. The summed E-state index contributed by atoms with van der Waals surface area (Å²) in [5, 5.41) is 6.58. The maximum Gasteiger partial charge on any atom is 0.273 e. The number of nitrogens with zero attached hydrogens (tertiary/aromatic N) is 2. The quantitative estimate of drug-likeness (QED) is 0.827. The lowest BCUT2D eigenvalue weighted by Gasteiger charge is -2.19. The predicted molar refractivity (Wildman–Crippen MR) is 73.1 cm³/mol. The Bertz CT molecular complexity index is 395. The molecule has 19 heavy (non-hydrogen) atoms. The number of hydrogen-bond donors (Lipinski definition) is 1. The van der Waals surface area contributed by atoms with Crippen LogP contribution in [0.3, 0.4) is 0 Å². The first-order chi connectivity index (χ1) is 9.25. The van der Waals surface area contributed by atoms with Crippen molar-refractivity contribution >= 4 is 5.91 Å². The van der Waals surface area contributed by atoms with Crippen LogP contribution >= 0.6 is 0 Å². The first kappa shape index (κ1) is 14.1. The van der Waals surface area contributed by atoms with Crippen LogP contribution in [0.25, 0.3) is 0 Å². The molecule has 1 N–H and O–H groups in total. The van der Waals surface area contributed by atoms with Gasteiger partial charge in [-0.05, 0) is 45.8 Å². The summed E-state index contributed by atoms with van der Waals surface area (Å²) in [4.78, 5) is 14.2. The molecule has 1 fully saturated rings. The van der Waals surface area contributed by atoms with E-state index in [2.05, 4.69) is 15.4 Å². The molecule has 0 aromatic carbocycles. The average Bonchev–Trinajstić information content (AvgIpc) is 2.68. The molecule has 0 saturated carbocycles. The van der Waals surface area contributed by atoms with Gasteiger partial charge in [0, 0.05) is 12.6 Å². The SMILES string of the molecule is Cc1cc(C(=O)NCCCN2CCCCCC2)no1. The lowest BCUT2D eigenvalue weighted by molar-refractivity contribution is 0.0942. The Morgan fingerprint density at radius 3 is 2.74 bits per heavy atom. The van der Waals surface area contributed by atoms with Crippen LogP contribution in [0, 0.1) is 6.92 Å². The molecule has 0 unspecified atom stereocenters. The molecule has 2 rings (SSSR count). The van der Waals surface area contributed by atoms with Crippen molar-refractivity contribution in [2.75, 3.05) is 26.2 Å². The van der Waals surface area contributed by atoms with E-state index in [1.54, 1.807) is 13.0 Å². The van der Waals surface area contributed by atoms with Crippen molar-refractivity contribution in [3.63, 3.8) is 0 Å². The smallest absolute Gasteiger partial charge is 0.273 e. The van der Waals surface area contributed by atoms with Gasteiger partial charge in [0.15, 0.2) is 5.69 Å². The molecule has 0 spiro atoms. The Kier molecular flexibility index (Phi) is 5.39. The number of carbonyl (C=O) groups excluding carboxylic acids is 1. The van der Waals surface area contributed by atoms with E-state index in [1.165, 1.54) is 38.8 Å². The van der Waals surface area contributed by atoms with Gasteiger partial charge in [0.2, 0.25) is 0 Å². The molecule has 1 amide bonds. The van der Waals surface area contributed by atoms with Crippen molar-refractivity contribution in [3.05, 3.63) is 17.5 Å². The van der Waals surface area contributed by atoms with Crippen LogP contribution in [0.5, 0.6) is 0 Å². The second-order valence-corrected chi connectivity index (χ2v) is 5.19. The van der Waals surface area contributed by atoms with Gasteiger partial charge in [0.1, 0.15) is 5.76 Å². The van der Waals surface area contributed by atoms with Crippen LogP contribution < -0.4 is 5.32 Å². The normalized spacial score (nSPS) is 17.1. The summed E-state index contributed by atoms with van der Waals surface area (Å²) >= 11 is 0. The van der Waals surface area contributed by atoms with Crippen LogP contribution in [0.4, 0.5) is 0 Å². The average molecular weight is 265 g/mol. The van der Waals surface area contributed by atoms with E-state index in [-0.39, 0.29) is 5.91 Å². The highest BCUT2D eigenvalue weighted by Crippen LogP contribution is 2.09. The molecule has 106 valence electrons. The number of likely N-dealkylation sites (tertiary alicyclic amines) is 1. The Balaban J connectivity index is 1.62. The van der Waals surface area contributed by atoms with Gasteiger partial charge >= 0.3 is 0 Å². The number of carbonyl (C=O) groups is 1. The number of hydrogen-bond acceptors (Lipinski definition) is 4. The number of aryl methyl sites for hydroxylation is 1. The van der Waals surface area contributed by atoms with Crippen molar-refractivity contribution in [2.45, 2.75) is 39.0 Å². The topological polar surface area (TPSA) is 58.4 Å². The zero-order chi connectivity index (χ0) is 13.5. The first-order valence-corrected chi connectivity index (χ1v) is 7.19. The monoisotopic (exact) mass is 265 g/mol. The third-order valence-corrected chi connectivity index (χ3v) is 3.50. The van der Waals surface area contributed by atoms with Crippen molar-refractivity contribution < 1.29 is 9.32 Å². The van der Waals surface area contributed by atoms with E-state index in [4.69, 9.17) is 4.52 Å². The molecule has 1 aromatic heterocycles. The van der Waals surface area contributed by atoms with Crippen LogP contribution in [0.15, 0.2) is 10.6 Å². The van der Waals surface area contributed by atoms with Gasteiger partial charge in [0.05, 0.1) is 0 Å². The zero-order valence-corrected chi connectivity index (χ0v) is 11.7. The maximum absolute atomic E-state index is 11.7. The molecular formula is C14H23N3O2. The van der Waals surface area contributed by atoms with E-state index < -0.39 is 0 Å². The largest absolute Gasteiger partial charge is 0.361 e. The summed E-state index contributed by atoms with van der Waals surface area (Å²) in [6.45, 7) is 5.95. The lowest BCUT2D eigenvalue weighted by atomic mass is 10.2. The fourth-order valence-electron chi connectivity index (χ4n) is 2.43. The molecule has 2 heterocycles. The minimum Gasteiger partial charge on any atom is -0.361 e. The number of rotatable bonds is 5. The van der Waals surface area contributed by atoms with Gasteiger partial charge in [-0.25, -0.2) is 0 Å². The van der Waals surface area contributed by atoms with Gasteiger partial charge in [-0.3, -0.25) is 4.79 Å². The summed E-state index contributed by atoms with van der Waals surface area (Å²) in [6.07, 6.45) is 6.33. The van der Waals surface area contributed by atoms with Gasteiger partial charge in [-0.2, -0.15) is 0 Å². The van der Waals surface area contributed by atoms with E-state index in [0.29, 0.717) is 18.0 Å². The van der Waals surface area contributed by atoms with Crippen molar-refractivity contribution in [1.29, 1.82) is 0 Å². The number of amides is 1. The highest BCUT2D eigenvalue weighted by atomic mass is 16.5. The minimum atomic E-state index is -0.146. The molecule has 1 aromatic rings. The predicted octanol–water partition coefficient (Wildman–Crippen LogP) is 1.98. The van der Waals surface area contributed by atoms with Crippen molar-refractivity contribution in [3.8, 4) is 0 Å². The Hall–Kier alpha value is -1.36. The summed E-state index contributed by atoms with van der Waals surface area (Å²) in [7, 11) is 0. The summed E-state index contributed by atoms with van der Waals surface area (Å²) < 4.78 is 4.88. The molecule has 5 nitrogen and oxygen atoms in total. The summed E-state index contributed by atoms with van der Waals surface area (Å²) in [5.41, 5.74) is 0.368. The van der Waals surface area contributed by atoms with Gasteiger partial charge in [-0.1, -0.05) is 18.0 Å². The van der Waals surface area contributed by atoms with Crippen LogP contribution in [-0.4, -0.2) is 42.1 Å². The molecule has 0 atom stereocenters. The highest BCUT2D eigenvalue weighted by molar-refractivity contribution is 5.92. The lowest BCUT2D eigenvalue weighted by Crippen LogP contribution is -2.30. The fraction of sp³-hybridized carbons (Fsp3) is 0.714. The van der Waals surface area contributed by atoms with E-state index in [1.807, 2.05) is 0 Å². The second kappa shape index (κ2) is 7.28.